The molecule has 152 valence electrons. The van der Waals surface area contributed by atoms with Gasteiger partial charge in [-0.3, -0.25) is 14.4 Å². The number of hydrogen-bond donors (Lipinski definition) is 1. The first-order valence-electron chi connectivity index (χ1n) is 9.78. The van der Waals surface area contributed by atoms with Crippen molar-refractivity contribution >= 4 is 29.2 Å². The molecule has 2 heterocycles. The molecular weight excluding hydrogens is 362 g/mol. The Labute approximate surface area is 164 Å². The van der Waals surface area contributed by atoms with Crippen molar-refractivity contribution in [2.45, 2.75) is 19.8 Å². The molecule has 1 aromatic carbocycles. The number of amides is 2. The number of para-hydroxylation sites is 2. The standard InChI is InChI=1S/C20H27N3O5/c1-2-28-20(26)15-7-9-23(10-8-15)19(25)18(24)21-16-5-3-4-6-17(16)22-11-13-27-14-12-22/h3-6,15H,2,7-14H2,1H3,(H,21,24). The first kappa shape index (κ1) is 20.1. The van der Waals surface area contributed by atoms with Crippen LogP contribution in [0.5, 0.6) is 0 Å². The van der Waals surface area contributed by atoms with Crippen LogP contribution in [-0.4, -0.2) is 68.7 Å². The van der Waals surface area contributed by atoms with Crippen molar-refractivity contribution in [3.05, 3.63) is 24.3 Å². The first-order chi connectivity index (χ1) is 13.6. The number of likely N-dealkylation sites (tertiary alicyclic amines) is 1. The molecule has 1 N–H and O–H groups in total. The lowest BCUT2D eigenvalue weighted by molar-refractivity contribution is -0.152. The summed E-state index contributed by atoms with van der Waals surface area (Å²) < 4.78 is 10.4. The number of morpholine rings is 1. The van der Waals surface area contributed by atoms with Gasteiger partial charge in [0.15, 0.2) is 0 Å². The molecule has 2 fully saturated rings. The van der Waals surface area contributed by atoms with E-state index in [0.29, 0.717) is 51.4 Å². The van der Waals surface area contributed by atoms with Gasteiger partial charge in [0.25, 0.3) is 0 Å². The molecule has 0 bridgehead atoms. The van der Waals surface area contributed by atoms with Crippen LogP contribution in [0.15, 0.2) is 24.3 Å². The summed E-state index contributed by atoms with van der Waals surface area (Å²) in [5.74, 6) is -1.65. The van der Waals surface area contributed by atoms with Crippen molar-refractivity contribution < 1.29 is 23.9 Å². The van der Waals surface area contributed by atoms with Crippen LogP contribution < -0.4 is 10.2 Å². The van der Waals surface area contributed by atoms with Gasteiger partial charge in [-0.2, -0.15) is 0 Å². The van der Waals surface area contributed by atoms with Crippen molar-refractivity contribution in [2.75, 3.05) is 56.2 Å². The SMILES string of the molecule is CCOC(=O)C1CCN(C(=O)C(=O)Nc2ccccc2N2CCOCC2)CC1. The summed E-state index contributed by atoms with van der Waals surface area (Å²) in [6.45, 7) is 5.62. The Balaban J connectivity index is 1.58. The van der Waals surface area contributed by atoms with Crippen molar-refractivity contribution in [2.24, 2.45) is 5.92 Å². The third-order valence-corrected chi connectivity index (χ3v) is 5.10. The summed E-state index contributed by atoms with van der Waals surface area (Å²) in [6, 6.07) is 7.45. The molecule has 1 aromatic rings. The van der Waals surface area contributed by atoms with Crippen LogP contribution >= 0.6 is 0 Å². The van der Waals surface area contributed by atoms with Crippen molar-refractivity contribution in [3.63, 3.8) is 0 Å². The summed E-state index contributed by atoms with van der Waals surface area (Å²) >= 11 is 0. The summed E-state index contributed by atoms with van der Waals surface area (Å²) in [5.41, 5.74) is 1.50. The Hall–Kier alpha value is -2.61. The number of carbonyl (C=O) groups is 3. The largest absolute Gasteiger partial charge is 0.466 e. The highest BCUT2D eigenvalue weighted by Gasteiger charge is 2.31. The fourth-order valence-corrected chi connectivity index (χ4v) is 3.56. The molecular formula is C20H27N3O5. The van der Waals surface area contributed by atoms with Gasteiger partial charge in [0, 0.05) is 26.2 Å². The molecule has 0 atom stereocenters. The van der Waals surface area contributed by atoms with Gasteiger partial charge in [-0.05, 0) is 31.9 Å². The Morgan fingerprint density at radius 3 is 2.46 bits per heavy atom. The summed E-state index contributed by atoms with van der Waals surface area (Å²) in [5, 5.41) is 2.75. The number of anilines is 2. The monoisotopic (exact) mass is 389 g/mol. The van der Waals surface area contributed by atoms with E-state index >= 15 is 0 Å². The Bertz CT molecular complexity index is 710. The molecule has 2 aliphatic rings. The number of nitrogens with one attached hydrogen (secondary N) is 1. The van der Waals surface area contributed by atoms with Crippen molar-refractivity contribution in [1.29, 1.82) is 0 Å². The van der Waals surface area contributed by atoms with Crippen LogP contribution in [0.1, 0.15) is 19.8 Å². The molecule has 0 saturated carbocycles. The minimum absolute atomic E-state index is 0.200. The Morgan fingerprint density at radius 1 is 1.11 bits per heavy atom. The zero-order valence-electron chi connectivity index (χ0n) is 16.2. The maximum Gasteiger partial charge on any atom is 0.313 e. The van der Waals surface area contributed by atoms with E-state index in [1.807, 2.05) is 18.2 Å². The summed E-state index contributed by atoms with van der Waals surface area (Å²) in [4.78, 5) is 40.5. The Kier molecular flexibility index (Phi) is 6.86. The minimum Gasteiger partial charge on any atom is -0.466 e. The average molecular weight is 389 g/mol. The van der Waals surface area contributed by atoms with E-state index in [1.54, 1.807) is 13.0 Å². The number of carbonyl (C=O) groups excluding carboxylic acids is 3. The molecule has 8 heteroatoms. The zero-order chi connectivity index (χ0) is 19.9. The highest BCUT2D eigenvalue weighted by molar-refractivity contribution is 6.39. The van der Waals surface area contributed by atoms with Crippen molar-refractivity contribution in [3.8, 4) is 0 Å². The number of ether oxygens (including phenoxy) is 2. The van der Waals surface area contributed by atoms with Crippen LogP contribution in [-0.2, 0) is 23.9 Å². The third kappa shape index (κ3) is 4.81. The molecule has 0 aromatic heterocycles. The lowest BCUT2D eigenvalue weighted by Gasteiger charge is -2.31. The lowest BCUT2D eigenvalue weighted by atomic mass is 9.97. The maximum atomic E-state index is 12.6. The van der Waals surface area contributed by atoms with Gasteiger partial charge >= 0.3 is 17.8 Å². The highest BCUT2D eigenvalue weighted by atomic mass is 16.5. The number of esters is 1. The number of nitrogens with zero attached hydrogens (tertiary/aromatic N) is 2. The van der Waals surface area contributed by atoms with Crippen LogP contribution in [0, 0.1) is 5.92 Å². The fourth-order valence-electron chi connectivity index (χ4n) is 3.56. The molecule has 0 aliphatic carbocycles. The second-order valence-corrected chi connectivity index (χ2v) is 6.89. The minimum atomic E-state index is -0.657. The summed E-state index contributed by atoms with van der Waals surface area (Å²) in [7, 11) is 0. The normalized spacial score (nSPS) is 17.9. The average Bonchev–Trinajstić information content (AvgIpc) is 2.74. The third-order valence-electron chi connectivity index (χ3n) is 5.10. The van der Waals surface area contributed by atoms with Crippen molar-refractivity contribution in [1.82, 2.24) is 4.90 Å². The van der Waals surface area contributed by atoms with Crippen LogP contribution in [0.4, 0.5) is 11.4 Å². The molecule has 0 radical (unpaired) electrons. The Morgan fingerprint density at radius 2 is 1.79 bits per heavy atom. The van der Waals surface area contributed by atoms with E-state index in [0.717, 1.165) is 18.8 Å². The molecule has 8 nitrogen and oxygen atoms in total. The van der Waals surface area contributed by atoms with Gasteiger partial charge in [-0.15, -0.1) is 0 Å². The predicted octanol–water partition coefficient (Wildman–Crippen LogP) is 1.26. The maximum absolute atomic E-state index is 12.6. The second kappa shape index (κ2) is 9.54. The van der Waals surface area contributed by atoms with Crippen LogP contribution in [0.25, 0.3) is 0 Å². The molecule has 28 heavy (non-hydrogen) atoms. The molecule has 3 rings (SSSR count). The van der Waals surface area contributed by atoms with Crippen LogP contribution in [0.2, 0.25) is 0 Å². The highest BCUT2D eigenvalue weighted by Crippen LogP contribution is 2.26. The smallest absolute Gasteiger partial charge is 0.313 e. The molecule has 0 spiro atoms. The van der Waals surface area contributed by atoms with E-state index in [1.165, 1.54) is 4.90 Å². The van der Waals surface area contributed by atoms with Gasteiger partial charge < -0.3 is 24.6 Å². The molecule has 2 amide bonds. The van der Waals surface area contributed by atoms with E-state index in [4.69, 9.17) is 9.47 Å². The first-order valence-corrected chi connectivity index (χ1v) is 9.78. The molecule has 0 unspecified atom stereocenters. The van der Waals surface area contributed by atoms with E-state index < -0.39 is 11.8 Å². The molecule has 2 aliphatic heterocycles. The van der Waals surface area contributed by atoms with Gasteiger partial charge in [-0.1, -0.05) is 12.1 Å². The number of benzene rings is 1. The topological polar surface area (TPSA) is 88.2 Å². The quantitative estimate of drug-likeness (QED) is 0.616. The molecule has 2 saturated heterocycles. The van der Waals surface area contributed by atoms with E-state index in [2.05, 4.69) is 10.2 Å². The summed E-state index contributed by atoms with van der Waals surface area (Å²) in [6.07, 6.45) is 1.03. The number of piperidine rings is 1. The van der Waals surface area contributed by atoms with Gasteiger partial charge in [0.2, 0.25) is 0 Å². The van der Waals surface area contributed by atoms with E-state index in [9.17, 15) is 14.4 Å². The predicted molar refractivity (Wildman–Crippen MR) is 104 cm³/mol. The number of hydrogen-bond acceptors (Lipinski definition) is 6. The van der Waals surface area contributed by atoms with Crippen LogP contribution in [0.3, 0.4) is 0 Å². The van der Waals surface area contributed by atoms with Gasteiger partial charge in [-0.25, -0.2) is 0 Å². The fraction of sp³-hybridized carbons (Fsp3) is 0.550. The van der Waals surface area contributed by atoms with E-state index in [-0.39, 0.29) is 11.9 Å². The number of rotatable bonds is 4. The lowest BCUT2D eigenvalue weighted by Crippen LogP contribution is -2.45. The van der Waals surface area contributed by atoms with Gasteiger partial charge in [0.05, 0.1) is 37.1 Å². The van der Waals surface area contributed by atoms with Gasteiger partial charge in [0.1, 0.15) is 0 Å². The second-order valence-electron chi connectivity index (χ2n) is 6.89. The zero-order valence-corrected chi connectivity index (χ0v) is 16.2.